The molecule has 0 aliphatic heterocycles. The van der Waals surface area contributed by atoms with Crippen LogP contribution in [0.1, 0.15) is 30.1 Å². The number of hydrogen-bond acceptors (Lipinski definition) is 1. The molecule has 0 saturated heterocycles. The van der Waals surface area contributed by atoms with E-state index in [1.165, 1.54) is 30.7 Å². The molecule has 2 rings (SSSR count). The number of nitrogens with zero attached hydrogens (tertiary/aromatic N) is 2. The topological polar surface area (TPSA) is 17.8 Å². The lowest BCUT2D eigenvalue weighted by atomic mass is 10.0. The highest BCUT2D eigenvalue weighted by atomic mass is 35.5. The maximum atomic E-state index is 5.54. The summed E-state index contributed by atoms with van der Waals surface area (Å²) in [6, 6.07) is 0. The van der Waals surface area contributed by atoms with Gasteiger partial charge in [0.2, 0.25) is 0 Å². The van der Waals surface area contributed by atoms with Gasteiger partial charge in [0, 0.05) is 17.8 Å². The molecular formula is C11H15ClN2. The van der Waals surface area contributed by atoms with Crippen LogP contribution in [-0.2, 0) is 19.4 Å². The minimum absolute atomic E-state index is 0.859. The summed E-state index contributed by atoms with van der Waals surface area (Å²) >= 11 is 5.54. The monoisotopic (exact) mass is 210 g/mol. The fraction of sp³-hybridized carbons (Fsp3) is 0.545. The molecule has 3 heteroatoms. The summed E-state index contributed by atoms with van der Waals surface area (Å²) in [6.07, 6.45) is 6.86. The smallest absolute Gasteiger partial charge is 0.106 e. The molecule has 0 atom stereocenters. The van der Waals surface area contributed by atoms with Gasteiger partial charge in [-0.2, -0.15) is 0 Å². The van der Waals surface area contributed by atoms with Crippen LogP contribution in [0.5, 0.6) is 0 Å². The number of allylic oxidation sites excluding steroid dienone is 1. The number of aromatic nitrogens is 2. The van der Waals surface area contributed by atoms with Crippen molar-refractivity contribution in [3.63, 3.8) is 0 Å². The van der Waals surface area contributed by atoms with Gasteiger partial charge in [0.05, 0.1) is 5.69 Å². The van der Waals surface area contributed by atoms with Gasteiger partial charge in [-0.15, -0.1) is 0 Å². The third-order valence-electron chi connectivity index (χ3n) is 2.80. The van der Waals surface area contributed by atoms with Crippen LogP contribution in [0.2, 0.25) is 0 Å². The molecule has 1 heterocycles. The van der Waals surface area contributed by atoms with Crippen LogP contribution in [0.4, 0.5) is 0 Å². The summed E-state index contributed by atoms with van der Waals surface area (Å²) in [5.41, 5.74) is 4.30. The third kappa shape index (κ3) is 1.71. The van der Waals surface area contributed by atoms with E-state index >= 15 is 0 Å². The maximum Gasteiger partial charge on any atom is 0.106 e. The quantitative estimate of drug-likeness (QED) is 0.734. The second kappa shape index (κ2) is 4.18. The lowest BCUT2D eigenvalue weighted by Gasteiger charge is -2.13. The SMILES string of the molecule is Cc1nc2c(n1C/C=C/Cl)CCCC2. The molecule has 14 heavy (non-hydrogen) atoms. The highest BCUT2D eigenvalue weighted by Gasteiger charge is 2.16. The van der Waals surface area contributed by atoms with Crippen LogP contribution < -0.4 is 0 Å². The first-order valence-corrected chi connectivity index (χ1v) is 5.56. The van der Waals surface area contributed by atoms with Gasteiger partial charge in [-0.05, 0) is 32.6 Å². The van der Waals surface area contributed by atoms with Gasteiger partial charge in [0.15, 0.2) is 0 Å². The molecule has 2 nitrogen and oxygen atoms in total. The largest absolute Gasteiger partial charge is 0.328 e. The molecule has 1 aliphatic rings. The van der Waals surface area contributed by atoms with E-state index in [-0.39, 0.29) is 0 Å². The molecule has 0 saturated carbocycles. The van der Waals surface area contributed by atoms with Gasteiger partial charge in [0.25, 0.3) is 0 Å². The Bertz CT molecular complexity index is 352. The van der Waals surface area contributed by atoms with Crippen LogP contribution in [-0.4, -0.2) is 9.55 Å². The highest BCUT2D eigenvalue weighted by Crippen LogP contribution is 2.21. The van der Waals surface area contributed by atoms with Crippen molar-refractivity contribution in [2.45, 2.75) is 39.2 Å². The molecule has 0 fully saturated rings. The van der Waals surface area contributed by atoms with E-state index in [2.05, 4.69) is 16.5 Å². The molecular weight excluding hydrogens is 196 g/mol. The van der Waals surface area contributed by atoms with Crippen molar-refractivity contribution in [1.29, 1.82) is 0 Å². The van der Waals surface area contributed by atoms with E-state index in [4.69, 9.17) is 11.6 Å². The summed E-state index contributed by atoms with van der Waals surface area (Å²) < 4.78 is 2.27. The van der Waals surface area contributed by atoms with E-state index in [1.807, 2.05) is 6.08 Å². The zero-order valence-corrected chi connectivity index (χ0v) is 9.22. The number of aryl methyl sites for hydroxylation is 2. The number of halogens is 1. The summed E-state index contributed by atoms with van der Waals surface area (Å²) in [5, 5.41) is 0. The molecule has 0 aromatic carbocycles. The Balaban J connectivity index is 2.32. The molecule has 0 N–H and O–H groups in total. The summed E-state index contributed by atoms with van der Waals surface area (Å²) in [7, 11) is 0. The Morgan fingerprint density at radius 2 is 2.21 bits per heavy atom. The van der Waals surface area contributed by atoms with E-state index in [0.29, 0.717) is 0 Å². The van der Waals surface area contributed by atoms with Crippen molar-refractivity contribution >= 4 is 11.6 Å². The first-order valence-electron chi connectivity index (χ1n) is 5.13. The zero-order valence-electron chi connectivity index (χ0n) is 8.46. The molecule has 0 spiro atoms. The molecule has 1 aromatic rings. The van der Waals surface area contributed by atoms with Gasteiger partial charge >= 0.3 is 0 Å². The summed E-state index contributed by atoms with van der Waals surface area (Å²) in [5.74, 6) is 1.12. The van der Waals surface area contributed by atoms with E-state index in [1.54, 1.807) is 5.54 Å². The van der Waals surface area contributed by atoms with Crippen LogP contribution in [0.3, 0.4) is 0 Å². The number of rotatable bonds is 2. The molecule has 1 aromatic heterocycles. The fourth-order valence-electron chi connectivity index (χ4n) is 2.12. The Morgan fingerprint density at radius 1 is 1.43 bits per heavy atom. The lowest BCUT2D eigenvalue weighted by Crippen LogP contribution is -2.08. The maximum absolute atomic E-state index is 5.54. The molecule has 1 aliphatic carbocycles. The summed E-state index contributed by atoms with van der Waals surface area (Å²) in [4.78, 5) is 4.59. The van der Waals surface area contributed by atoms with Gasteiger partial charge in [0.1, 0.15) is 5.82 Å². The fourth-order valence-corrected chi connectivity index (χ4v) is 2.20. The average molecular weight is 211 g/mol. The molecule has 0 amide bonds. The first-order chi connectivity index (χ1) is 6.83. The van der Waals surface area contributed by atoms with Crippen LogP contribution >= 0.6 is 11.6 Å². The van der Waals surface area contributed by atoms with Crippen LogP contribution in [0.25, 0.3) is 0 Å². The Kier molecular flexibility index (Phi) is 2.92. The number of hydrogen-bond donors (Lipinski definition) is 0. The lowest BCUT2D eigenvalue weighted by molar-refractivity contribution is 0.628. The van der Waals surface area contributed by atoms with E-state index in [9.17, 15) is 0 Å². The van der Waals surface area contributed by atoms with Gasteiger partial charge in [-0.25, -0.2) is 4.98 Å². The Morgan fingerprint density at radius 3 is 3.00 bits per heavy atom. The average Bonchev–Trinajstić information content (AvgIpc) is 2.51. The Labute approximate surface area is 89.6 Å². The van der Waals surface area contributed by atoms with Crippen molar-refractivity contribution in [2.75, 3.05) is 0 Å². The van der Waals surface area contributed by atoms with Crippen LogP contribution in [0, 0.1) is 6.92 Å². The van der Waals surface area contributed by atoms with Gasteiger partial charge in [-0.1, -0.05) is 17.7 Å². The molecule has 0 radical (unpaired) electrons. The van der Waals surface area contributed by atoms with Crippen molar-refractivity contribution in [3.8, 4) is 0 Å². The minimum Gasteiger partial charge on any atom is -0.328 e. The second-order valence-electron chi connectivity index (χ2n) is 3.73. The van der Waals surface area contributed by atoms with Gasteiger partial charge in [-0.3, -0.25) is 0 Å². The zero-order chi connectivity index (χ0) is 9.97. The van der Waals surface area contributed by atoms with Crippen molar-refractivity contribution in [2.24, 2.45) is 0 Å². The Hall–Kier alpha value is -0.760. The molecule has 0 unspecified atom stereocenters. The third-order valence-corrected chi connectivity index (χ3v) is 2.98. The summed E-state index contributed by atoms with van der Waals surface area (Å²) in [6.45, 7) is 2.93. The van der Waals surface area contributed by atoms with Crippen molar-refractivity contribution < 1.29 is 0 Å². The predicted octanol–water partition coefficient (Wildman–Crippen LogP) is 2.82. The van der Waals surface area contributed by atoms with Crippen LogP contribution in [0.15, 0.2) is 11.6 Å². The normalized spacial score (nSPS) is 16.1. The van der Waals surface area contributed by atoms with Crippen molar-refractivity contribution in [3.05, 3.63) is 28.8 Å². The van der Waals surface area contributed by atoms with E-state index in [0.717, 1.165) is 18.8 Å². The predicted molar refractivity (Wildman–Crippen MR) is 58.6 cm³/mol. The molecule has 0 bridgehead atoms. The highest BCUT2D eigenvalue weighted by molar-refractivity contribution is 6.25. The minimum atomic E-state index is 0.859. The second-order valence-corrected chi connectivity index (χ2v) is 3.98. The molecule has 76 valence electrons. The first kappa shape index (κ1) is 9.78. The van der Waals surface area contributed by atoms with Crippen molar-refractivity contribution in [1.82, 2.24) is 9.55 Å². The number of fused-ring (bicyclic) bond motifs is 1. The number of imidazole rings is 1. The van der Waals surface area contributed by atoms with Gasteiger partial charge < -0.3 is 4.57 Å². The van der Waals surface area contributed by atoms with E-state index < -0.39 is 0 Å². The standard InChI is InChI=1S/C11H15ClN2/c1-9-13-10-5-2-3-6-11(10)14(9)8-4-7-12/h4,7H,2-3,5-6,8H2,1H3/b7-4+.